The third kappa shape index (κ3) is 7.29. The number of nitrogens with zero attached hydrogens (tertiary/aromatic N) is 2. The minimum Gasteiger partial charge on any atom is -0.497 e. The summed E-state index contributed by atoms with van der Waals surface area (Å²) in [5.41, 5.74) is 1.62. The molecule has 2 rings (SSSR count). The monoisotopic (exact) mass is 436 g/mol. The van der Waals surface area contributed by atoms with Crippen molar-refractivity contribution >= 4 is 5.96 Å². The van der Waals surface area contributed by atoms with Crippen LogP contribution in [0, 0.1) is 0 Å². The molecule has 2 N–H and O–H groups in total. The summed E-state index contributed by atoms with van der Waals surface area (Å²) in [6.07, 6.45) is 0. The van der Waals surface area contributed by atoms with Gasteiger partial charge in [-0.2, -0.15) is 8.78 Å². The lowest BCUT2D eigenvalue weighted by atomic mass is 10.1. The first kappa shape index (κ1) is 24.2. The van der Waals surface area contributed by atoms with Crippen LogP contribution in [0.15, 0.2) is 47.5 Å². The number of nitrogens with one attached hydrogen (secondary N) is 2. The van der Waals surface area contributed by atoms with Crippen molar-refractivity contribution in [3.63, 3.8) is 0 Å². The molecule has 0 aliphatic heterocycles. The molecular weight excluding hydrogens is 406 g/mol. The molecule has 0 bridgehead atoms. The Bertz CT molecular complexity index is 862. The standard InChI is InChI=1S/C22H30F2N4O3/c1-25-22(26-13-16-12-18(30-5)9-10-20(16)31-21(23)24)27-14-19(28(2)3)15-7-6-8-17(11-15)29-4/h6-12,19,21H,13-14H2,1-5H3,(H2,25,26,27). The molecule has 0 saturated heterocycles. The highest BCUT2D eigenvalue weighted by Crippen LogP contribution is 2.26. The zero-order valence-corrected chi connectivity index (χ0v) is 18.5. The fourth-order valence-electron chi connectivity index (χ4n) is 3.07. The summed E-state index contributed by atoms with van der Waals surface area (Å²) in [6.45, 7) is -2.11. The molecule has 0 radical (unpaired) electrons. The number of guanidine groups is 1. The number of ether oxygens (including phenoxy) is 3. The van der Waals surface area contributed by atoms with Gasteiger partial charge in [0, 0.05) is 25.7 Å². The van der Waals surface area contributed by atoms with Gasteiger partial charge in [-0.25, -0.2) is 0 Å². The first-order valence-electron chi connectivity index (χ1n) is 9.74. The number of rotatable bonds is 10. The Morgan fingerprint density at radius 3 is 2.35 bits per heavy atom. The van der Waals surface area contributed by atoms with Gasteiger partial charge in [0.25, 0.3) is 0 Å². The van der Waals surface area contributed by atoms with E-state index in [1.54, 1.807) is 26.3 Å². The predicted molar refractivity (Wildman–Crippen MR) is 117 cm³/mol. The number of halogens is 2. The maximum absolute atomic E-state index is 12.7. The summed E-state index contributed by atoms with van der Waals surface area (Å²) in [6, 6.07) is 12.6. The molecule has 2 aromatic rings. The molecule has 0 aliphatic rings. The van der Waals surface area contributed by atoms with Crippen molar-refractivity contribution in [3.8, 4) is 17.2 Å². The maximum Gasteiger partial charge on any atom is 0.387 e. The molecule has 0 fully saturated rings. The fraction of sp³-hybridized carbons (Fsp3) is 0.409. The molecule has 9 heteroatoms. The Balaban J connectivity index is 2.06. The molecule has 0 aliphatic carbocycles. The van der Waals surface area contributed by atoms with Gasteiger partial charge < -0.3 is 29.7 Å². The van der Waals surface area contributed by atoms with Crippen LogP contribution in [0.4, 0.5) is 8.78 Å². The van der Waals surface area contributed by atoms with Crippen LogP contribution in [0.5, 0.6) is 17.2 Å². The van der Waals surface area contributed by atoms with Crippen molar-refractivity contribution in [3.05, 3.63) is 53.6 Å². The van der Waals surface area contributed by atoms with E-state index in [-0.39, 0.29) is 18.3 Å². The van der Waals surface area contributed by atoms with Crippen LogP contribution in [0.1, 0.15) is 17.2 Å². The van der Waals surface area contributed by atoms with Crippen molar-refractivity contribution in [1.82, 2.24) is 15.5 Å². The summed E-state index contributed by atoms with van der Waals surface area (Å²) < 4.78 is 40.6. The molecule has 1 unspecified atom stereocenters. The SMILES string of the molecule is CN=C(NCc1cc(OC)ccc1OC(F)F)NCC(c1cccc(OC)c1)N(C)C. The van der Waals surface area contributed by atoms with E-state index in [1.165, 1.54) is 13.2 Å². The van der Waals surface area contributed by atoms with Crippen LogP contribution in [-0.4, -0.2) is 59.4 Å². The highest BCUT2D eigenvalue weighted by molar-refractivity contribution is 5.79. The predicted octanol–water partition coefficient (Wildman–Crippen LogP) is 3.27. The van der Waals surface area contributed by atoms with Crippen molar-refractivity contribution in [2.24, 2.45) is 4.99 Å². The normalized spacial score (nSPS) is 12.6. The summed E-state index contributed by atoms with van der Waals surface area (Å²) in [5, 5.41) is 6.42. The van der Waals surface area contributed by atoms with E-state index in [9.17, 15) is 8.78 Å². The van der Waals surface area contributed by atoms with E-state index in [1.807, 2.05) is 38.4 Å². The smallest absolute Gasteiger partial charge is 0.387 e. The Hall–Kier alpha value is -3.07. The molecule has 0 saturated carbocycles. The minimum atomic E-state index is -2.91. The van der Waals surface area contributed by atoms with Gasteiger partial charge in [-0.3, -0.25) is 4.99 Å². The summed E-state index contributed by atoms with van der Waals surface area (Å²) in [5.74, 6) is 1.95. The average Bonchev–Trinajstić information content (AvgIpc) is 2.76. The van der Waals surface area contributed by atoms with Crippen molar-refractivity contribution in [1.29, 1.82) is 0 Å². The molecular formula is C22H30F2N4O3. The van der Waals surface area contributed by atoms with Gasteiger partial charge in [0.05, 0.1) is 20.3 Å². The molecule has 31 heavy (non-hydrogen) atoms. The fourth-order valence-corrected chi connectivity index (χ4v) is 3.07. The Morgan fingerprint density at radius 1 is 1.03 bits per heavy atom. The van der Waals surface area contributed by atoms with Crippen LogP contribution in [-0.2, 0) is 6.54 Å². The van der Waals surface area contributed by atoms with E-state index in [4.69, 9.17) is 9.47 Å². The maximum atomic E-state index is 12.7. The van der Waals surface area contributed by atoms with Gasteiger partial charge in [0.15, 0.2) is 5.96 Å². The van der Waals surface area contributed by atoms with Crippen LogP contribution >= 0.6 is 0 Å². The minimum absolute atomic E-state index is 0.0585. The Labute approximate surface area is 182 Å². The van der Waals surface area contributed by atoms with E-state index in [0.29, 0.717) is 23.8 Å². The van der Waals surface area contributed by atoms with Crippen molar-refractivity contribution in [2.45, 2.75) is 19.2 Å². The first-order chi connectivity index (χ1) is 14.9. The number of methoxy groups -OCH3 is 2. The van der Waals surface area contributed by atoms with Gasteiger partial charge in [0.1, 0.15) is 17.2 Å². The zero-order chi connectivity index (χ0) is 22.8. The van der Waals surface area contributed by atoms with E-state index >= 15 is 0 Å². The molecule has 0 amide bonds. The van der Waals surface area contributed by atoms with Gasteiger partial charge in [-0.1, -0.05) is 12.1 Å². The molecule has 0 aromatic heterocycles. The van der Waals surface area contributed by atoms with Crippen molar-refractivity contribution < 1.29 is 23.0 Å². The topological polar surface area (TPSA) is 67.4 Å². The highest BCUT2D eigenvalue weighted by Gasteiger charge is 2.16. The Morgan fingerprint density at radius 2 is 1.74 bits per heavy atom. The quantitative estimate of drug-likeness (QED) is 0.440. The number of aliphatic imine (C=N–C) groups is 1. The second-order valence-electron chi connectivity index (χ2n) is 6.91. The number of hydrogen-bond acceptors (Lipinski definition) is 5. The zero-order valence-electron chi connectivity index (χ0n) is 18.5. The molecule has 170 valence electrons. The molecule has 7 nitrogen and oxygen atoms in total. The van der Waals surface area contributed by atoms with Gasteiger partial charge in [-0.05, 0) is 50.0 Å². The lowest BCUT2D eigenvalue weighted by Crippen LogP contribution is -2.41. The highest BCUT2D eigenvalue weighted by atomic mass is 19.3. The largest absolute Gasteiger partial charge is 0.497 e. The second kappa shape index (κ2) is 11.9. The third-order valence-electron chi connectivity index (χ3n) is 4.72. The van der Waals surface area contributed by atoms with Gasteiger partial charge >= 0.3 is 6.61 Å². The molecule has 0 spiro atoms. The number of alkyl halides is 2. The van der Waals surface area contributed by atoms with Gasteiger partial charge in [0.2, 0.25) is 0 Å². The second-order valence-corrected chi connectivity index (χ2v) is 6.91. The molecule has 1 atom stereocenters. The lowest BCUT2D eigenvalue weighted by Gasteiger charge is -2.26. The van der Waals surface area contributed by atoms with Crippen LogP contribution in [0.2, 0.25) is 0 Å². The van der Waals surface area contributed by atoms with E-state index in [2.05, 4.69) is 25.3 Å². The van der Waals surface area contributed by atoms with E-state index in [0.717, 1.165) is 11.3 Å². The average molecular weight is 437 g/mol. The first-order valence-corrected chi connectivity index (χ1v) is 9.74. The lowest BCUT2D eigenvalue weighted by molar-refractivity contribution is -0.0505. The van der Waals surface area contributed by atoms with Crippen LogP contribution in [0.25, 0.3) is 0 Å². The summed E-state index contributed by atoms with van der Waals surface area (Å²) in [4.78, 5) is 6.31. The third-order valence-corrected chi connectivity index (χ3v) is 4.72. The van der Waals surface area contributed by atoms with Crippen LogP contribution < -0.4 is 24.8 Å². The number of likely N-dealkylation sites (N-methyl/N-ethyl adjacent to an activating group) is 1. The Kier molecular flexibility index (Phi) is 9.33. The molecule has 0 heterocycles. The van der Waals surface area contributed by atoms with Crippen molar-refractivity contribution in [2.75, 3.05) is 41.9 Å². The number of hydrogen-bond donors (Lipinski definition) is 2. The van der Waals surface area contributed by atoms with Crippen LogP contribution in [0.3, 0.4) is 0 Å². The molecule has 2 aromatic carbocycles. The summed E-state index contributed by atoms with van der Waals surface area (Å²) in [7, 11) is 8.78. The number of benzene rings is 2. The van der Waals surface area contributed by atoms with Gasteiger partial charge in [-0.15, -0.1) is 0 Å². The van der Waals surface area contributed by atoms with E-state index < -0.39 is 6.61 Å². The summed E-state index contributed by atoms with van der Waals surface area (Å²) >= 11 is 0.